The van der Waals surface area contributed by atoms with E-state index in [0.717, 1.165) is 11.3 Å². The van der Waals surface area contributed by atoms with Crippen LogP contribution in [0.15, 0.2) is 30.3 Å². The number of nitrogens with two attached hydrogens (primary N) is 1. The minimum Gasteiger partial charge on any atom is -0.481 e. The van der Waals surface area contributed by atoms with Crippen LogP contribution in [-0.4, -0.2) is 12.1 Å². The lowest BCUT2D eigenvalue weighted by Crippen LogP contribution is -2.02. The third kappa shape index (κ3) is 3.00. The highest BCUT2D eigenvalue weighted by Crippen LogP contribution is 2.22. The van der Waals surface area contributed by atoms with Gasteiger partial charge in [-0.1, -0.05) is 6.07 Å². The first-order chi connectivity index (χ1) is 9.13. The number of anilines is 2. The third-order valence-electron chi connectivity index (χ3n) is 2.81. The van der Waals surface area contributed by atoms with E-state index in [-0.39, 0.29) is 12.4 Å². The summed E-state index contributed by atoms with van der Waals surface area (Å²) in [4.78, 5) is 4.31. The number of hydrogen-bond donors (Lipinski definition) is 2. The number of aryl methyl sites for hydroxylation is 1. The summed E-state index contributed by atoms with van der Waals surface area (Å²) in [6, 6.07) is 8.41. The van der Waals surface area contributed by atoms with Crippen molar-refractivity contribution < 1.29 is 9.13 Å². The zero-order chi connectivity index (χ0) is 13.8. The molecule has 0 radical (unpaired) electrons. The Kier molecular flexibility index (Phi) is 3.97. The van der Waals surface area contributed by atoms with Gasteiger partial charge in [0.15, 0.2) is 0 Å². The van der Waals surface area contributed by atoms with Crippen molar-refractivity contribution in [2.45, 2.75) is 13.5 Å². The van der Waals surface area contributed by atoms with Gasteiger partial charge >= 0.3 is 0 Å². The molecule has 1 aromatic heterocycles. The van der Waals surface area contributed by atoms with Crippen LogP contribution in [0.25, 0.3) is 0 Å². The lowest BCUT2D eigenvalue weighted by Gasteiger charge is -2.11. The molecule has 0 spiro atoms. The van der Waals surface area contributed by atoms with Gasteiger partial charge in [0.2, 0.25) is 5.88 Å². The maximum absolute atomic E-state index is 13.4. The standard InChI is InChI=1S/C14H16FN3O/c1-9-3-6-13(19-2)18-14(9)17-11-4-5-12(15)10(7-11)8-16/h3-7H,8,16H2,1-2H3,(H,17,18). The van der Waals surface area contributed by atoms with Crippen molar-refractivity contribution in [2.24, 2.45) is 5.73 Å². The summed E-state index contributed by atoms with van der Waals surface area (Å²) in [7, 11) is 1.56. The van der Waals surface area contributed by atoms with Crippen molar-refractivity contribution in [2.75, 3.05) is 12.4 Å². The molecule has 5 heteroatoms. The number of aromatic nitrogens is 1. The Morgan fingerprint density at radius 2 is 2.11 bits per heavy atom. The number of pyridine rings is 1. The van der Waals surface area contributed by atoms with E-state index < -0.39 is 0 Å². The summed E-state index contributed by atoms with van der Waals surface area (Å²) in [6.07, 6.45) is 0. The predicted octanol–water partition coefficient (Wildman–Crippen LogP) is 2.74. The number of halogens is 1. The van der Waals surface area contributed by atoms with Crippen LogP contribution in [0, 0.1) is 12.7 Å². The van der Waals surface area contributed by atoms with Crippen LogP contribution in [0.5, 0.6) is 5.88 Å². The quantitative estimate of drug-likeness (QED) is 0.888. The molecule has 0 amide bonds. The SMILES string of the molecule is COc1ccc(C)c(Nc2ccc(F)c(CN)c2)n1. The normalized spacial score (nSPS) is 10.3. The van der Waals surface area contributed by atoms with E-state index in [9.17, 15) is 4.39 Å². The molecule has 1 aromatic carbocycles. The maximum atomic E-state index is 13.4. The molecule has 0 aliphatic carbocycles. The summed E-state index contributed by atoms with van der Waals surface area (Å²) in [6.45, 7) is 2.09. The predicted molar refractivity (Wildman–Crippen MR) is 73.1 cm³/mol. The van der Waals surface area contributed by atoms with Crippen LogP contribution in [0.3, 0.4) is 0 Å². The van der Waals surface area contributed by atoms with E-state index >= 15 is 0 Å². The second-order valence-electron chi connectivity index (χ2n) is 4.15. The van der Waals surface area contributed by atoms with Gasteiger partial charge in [-0.2, -0.15) is 4.98 Å². The van der Waals surface area contributed by atoms with Crippen LogP contribution < -0.4 is 15.8 Å². The molecule has 19 heavy (non-hydrogen) atoms. The second-order valence-corrected chi connectivity index (χ2v) is 4.15. The number of benzene rings is 1. The number of rotatable bonds is 4. The zero-order valence-corrected chi connectivity index (χ0v) is 10.9. The van der Waals surface area contributed by atoms with Gasteiger partial charge in [0.05, 0.1) is 7.11 Å². The Morgan fingerprint density at radius 3 is 2.79 bits per heavy atom. The zero-order valence-electron chi connectivity index (χ0n) is 10.9. The smallest absolute Gasteiger partial charge is 0.214 e. The second kappa shape index (κ2) is 5.67. The molecule has 0 atom stereocenters. The van der Waals surface area contributed by atoms with Crippen LogP contribution in [-0.2, 0) is 6.54 Å². The lowest BCUT2D eigenvalue weighted by molar-refractivity contribution is 0.398. The molecule has 0 aliphatic heterocycles. The molecule has 0 fully saturated rings. The molecule has 0 saturated carbocycles. The van der Waals surface area contributed by atoms with Crippen molar-refractivity contribution in [3.63, 3.8) is 0 Å². The van der Waals surface area contributed by atoms with E-state index in [1.165, 1.54) is 6.07 Å². The highest BCUT2D eigenvalue weighted by molar-refractivity contribution is 5.60. The van der Waals surface area contributed by atoms with Crippen LogP contribution in [0.1, 0.15) is 11.1 Å². The summed E-state index contributed by atoms with van der Waals surface area (Å²) in [5.41, 5.74) is 7.66. The van der Waals surface area contributed by atoms with Gasteiger partial charge in [-0.15, -0.1) is 0 Å². The van der Waals surface area contributed by atoms with Crippen molar-refractivity contribution in [3.8, 4) is 5.88 Å². The maximum Gasteiger partial charge on any atom is 0.214 e. The van der Waals surface area contributed by atoms with E-state index in [2.05, 4.69) is 10.3 Å². The monoisotopic (exact) mass is 261 g/mol. The topological polar surface area (TPSA) is 60.2 Å². The van der Waals surface area contributed by atoms with E-state index in [1.807, 2.05) is 13.0 Å². The summed E-state index contributed by atoms with van der Waals surface area (Å²) < 4.78 is 18.4. The number of methoxy groups -OCH3 is 1. The minimum atomic E-state index is -0.302. The van der Waals surface area contributed by atoms with Crippen LogP contribution in [0.4, 0.5) is 15.9 Å². The van der Waals surface area contributed by atoms with Gasteiger partial charge in [0, 0.05) is 23.9 Å². The number of ether oxygens (including phenoxy) is 1. The van der Waals surface area contributed by atoms with Crippen molar-refractivity contribution in [3.05, 3.63) is 47.3 Å². The fraction of sp³-hybridized carbons (Fsp3) is 0.214. The van der Waals surface area contributed by atoms with Crippen LogP contribution >= 0.6 is 0 Å². The molecular weight excluding hydrogens is 245 g/mol. The fourth-order valence-electron chi connectivity index (χ4n) is 1.70. The molecule has 0 aliphatic rings. The van der Waals surface area contributed by atoms with Gasteiger partial charge in [-0.05, 0) is 30.7 Å². The molecular formula is C14H16FN3O. The van der Waals surface area contributed by atoms with E-state index in [0.29, 0.717) is 17.3 Å². The molecule has 3 N–H and O–H groups in total. The molecule has 100 valence electrons. The Morgan fingerprint density at radius 1 is 1.32 bits per heavy atom. The molecule has 0 unspecified atom stereocenters. The van der Waals surface area contributed by atoms with Crippen molar-refractivity contribution in [1.82, 2.24) is 4.98 Å². The average Bonchev–Trinajstić information content (AvgIpc) is 2.43. The highest BCUT2D eigenvalue weighted by atomic mass is 19.1. The van der Waals surface area contributed by atoms with Crippen LogP contribution in [0.2, 0.25) is 0 Å². The van der Waals surface area contributed by atoms with Gasteiger partial charge in [-0.25, -0.2) is 4.39 Å². The molecule has 0 bridgehead atoms. The van der Waals surface area contributed by atoms with E-state index in [1.54, 1.807) is 25.3 Å². The largest absolute Gasteiger partial charge is 0.481 e. The average molecular weight is 261 g/mol. The third-order valence-corrected chi connectivity index (χ3v) is 2.81. The Labute approximate surface area is 111 Å². The first-order valence-corrected chi connectivity index (χ1v) is 5.91. The van der Waals surface area contributed by atoms with Gasteiger partial charge in [-0.3, -0.25) is 0 Å². The van der Waals surface area contributed by atoms with Crippen molar-refractivity contribution in [1.29, 1.82) is 0 Å². The highest BCUT2D eigenvalue weighted by Gasteiger charge is 2.06. The summed E-state index contributed by atoms with van der Waals surface area (Å²) in [5, 5.41) is 3.14. The minimum absolute atomic E-state index is 0.159. The number of hydrogen-bond acceptors (Lipinski definition) is 4. The first kappa shape index (κ1) is 13.3. The van der Waals surface area contributed by atoms with E-state index in [4.69, 9.17) is 10.5 Å². The molecule has 2 rings (SSSR count). The molecule has 2 aromatic rings. The fourth-order valence-corrected chi connectivity index (χ4v) is 1.70. The van der Waals surface area contributed by atoms with Gasteiger partial charge in [0.25, 0.3) is 0 Å². The van der Waals surface area contributed by atoms with Gasteiger partial charge in [0.1, 0.15) is 11.6 Å². The van der Waals surface area contributed by atoms with Gasteiger partial charge < -0.3 is 15.8 Å². The molecule has 0 saturated heterocycles. The lowest BCUT2D eigenvalue weighted by atomic mass is 10.2. The number of nitrogens with zero attached hydrogens (tertiary/aromatic N) is 1. The molecule has 1 heterocycles. The number of nitrogens with one attached hydrogen (secondary N) is 1. The first-order valence-electron chi connectivity index (χ1n) is 5.91. The Hall–Kier alpha value is -2.14. The molecule has 4 nitrogen and oxygen atoms in total. The Balaban J connectivity index is 2.30. The summed E-state index contributed by atoms with van der Waals surface area (Å²) in [5.74, 6) is 0.895. The van der Waals surface area contributed by atoms with Crippen molar-refractivity contribution >= 4 is 11.5 Å². The summed E-state index contributed by atoms with van der Waals surface area (Å²) >= 11 is 0. The Bertz CT molecular complexity index is 587.